The number of hydrogen-bond donors (Lipinski definition) is 1. The van der Waals surface area contributed by atoms with Crippen LogP contribution in [0.1, 0.15) is 20.8 Å². The Balaban J connectivity index is 2.95. The van der Waals surface area contributed by atoms with Crippen molar-refractivity contribution in [3.8, 4) is 11.8 Å². The van der Waals surface area contributed by atoms with Gasteiger partial charge in [0.2, 0.25) is 0 Å². The fraction of sp³-hybridized carbons (Fsp3) is 0.778. The van der Waals surface area contributed by atoms with E-state index in [9.17, 15) is 0 Å². The summed E-state index contributed by atoms with van der Waals surface area (Å²) in [5.74, 6) is 5.73. The molecule has 0 spiro atoms. The van der Waals surface area contributed by atoms with Crippen LogP contribution >= 0.6 is 0 Å². The van der Waals surface area contributed by atoms with Crippen LogP contribution < -0.4 is 5.32 Å². The van der Waals surface area contributed by atoms with Crippen molar-refractivity contribution in [1.82, 2.24) is 5.32 Å². The van der Waals surface area contributed by atoms with Crippen LogP contribution in [0.15, 0.2) is 0 Å². The zero-order valence-electron chi connectivity index (χ0n) is 7.61. The Morgan fingerprint density at radius 2 is 2.18 bits per heavy atom. The molecule has 0 bridgehead atoms. The van der Waals surface area contributed by atoms with Crippen LogP contribution in [0.25, 0.3) is 0 Å². The first-order chi connectivity index (χ1) is 5.27. The fourth-order valence-corrected chi connectivity index (χ4v) is 0.606. The average Bonchev–Trinajstić information content (AvgIpc) is 1.96. The summed E-state index contributed by atoms with van der Waals surface area (Å²) >= 11 is 0. The molecule has 0 aliphatic rings. The number of rotatable bonds is 5. The third-order valence-electron chi connectivity index (χ3n) is 1.12. The van der Waals surface area contributed by atoms with E-state index in [4.69, 9.17) is 4.74 Å². The van der Waals surface area contributed by atoms with Crippen molar-refractivity contribution in [1.29, 1.82) is 0 Å². The van der Waals surface area contributed by atoms with E-state index in [0.29, 0.717) is 6.10 Å². The van der Waals surface area contributed by atoms with Gasteiger partial charge in [-0.3, -0.25) is 0 Å². The molecule has 0 aliphatic heterocycles. The van der Waals surface area contributed by atoms with Gasteiger partial charge in [0, 0.05) is 6.54 Å². The van der Waals surface area contributed by atoms with E-state index in [1.54, 1.807) is 0 Å². The highest BCUT2D eigenvalue weighted by Gasteiger charge is 1.90. The molecule has 0 aromatic rings. The van der Waals surface area contributed by atoms with Crippen molar-refractivity contribution in [2.75, 3.05) is 19.7 Å². The minimum absolute atomic E-state index is 0.328. The second kappa shape index (κ2) is 7.59. The van der Waals surface area contributed by atoms with Gasteiger partial charge in [-0.15, -0.1) is 5.92 Å². The van der Waals surface area contributed by atoms with Gasteiger partial charge in [0.25, 0.3) is 0 Å². The number of nitrogens with one attached hydrogen (secondary N) is 1. The normalized spacial score (nSPS) is 9.45. The maximum atomic E-state index is 5.31. The van der Waals surface area contributed by atoms with E-state index in [1.807, 2.05) is 20.8 Å². The van der Waals surface area contributed by atoms with Gasteiger partial charge in [0.05, 0.1) is 19.3 Å². The van der Waals surface area contributed by atoms with E-state index < -0.39 is 0 Å². The van der Waals surface area contributed by atoms with Gasteiger partial charge in [-0.05, 0) is 20.8 Å². The highest BCUT2D eigenvalue weighted by Crippen LogP contribution is 1.84. The monoisotopic (exact) mass is 155 g/mol. The van der Waals surface area contributed by atoms with Crippen molar-refractivity contribution < 1.29 is 4.74 Å². The van der Waals surface area contributed by atoms with Crippen molar-refractivity contribution >= 4 is 0 Å². The molecule has 11 heavy (non-hydrogen) atoms. The third-order valence-corrected chi connectivity index (χ3v) is 1.12. The lowest BCUT2D eigenvalue weighted by atomic mass is 10.5. The van der Waals surface area contributed by atoms with Gasteiger partial charge in [0.1, 0.15) is 0 Å². The van der Waals surface area contributed by atoms with Crippen LogP contribution in [0.3, 0.4) is 0 Å². The third kappa shape index (κ3) is 9.48. The molecule has 0 unspecified atom stereocenters. The minimum Gasteiger partial charge on any atom is -0.377 e. The summed E-state index contributed by atoms with van der Waals surface area (Å²) in [6.45, 7) is 8.32. The van der Waals surface area contributed by atoms with Crippen LogP contribution in [0, 0.1) is 11.8 Å². The lowest BCUT2D eigenvalue weighted by molar-refractivity contribution is 0.0814. The first-order valence-electron chi connectivity index (χ1n) is 3.99. The highest BCUT2D eigenvalue weighted by atomic mass is 16.5. The highest BCUT2D eigenvalue weighted by molar-refractivity contribution is 4.96. The molecular weight excluding hydrogens is 138 g/mol. The zero-order chi connectivity index (χ0) is 8.53. The summed E-state index contributed by atoms with van der Waals surface area (Å²) < 4.78 is 5.31. The van der Waals surface area contributed by atoms with Gasteiger partial charge >= 0.3 is 0 Å². The second-order valence-electron chi connectivity index (χ2n) is 2.52. The Morgan fingerprint density at radius 3 is 2.73 bits per heavy atom. The summed E-state index contributed by atoms with van der Waals surface area (Å²) in [6, 6.07) is 0. The molecule has 64 valence electrons. The van der Waals surface area contributed by atoms with Gasteiger partial charge in [-0.25, -0.2) is 0 Å². The maximum Gasteiger partial charge on any atom is 0.0594 e. The van der Waals surface area contributed by atoms with Gasteiger partial charge in [0.15, 0.2) is 0 Å². The molecule has 0 fully saturated rings. The molecule has 0 saturated carbocycles. The molecular formula is C9H17NO. The molecule has 0 rings (SSSR count). The lowest BCUT2D eigenvalue weighted by Crippen LogP contribution is -2.21. The Labute approximate surface area is 69.3 Å². The summed E-state index contributed by atoms with van der Waals surface area (Å²) in [5.41, 5.74) is 0. The van der Waals surface area contributed by atoms with E-state index in [1.165, 1.54) is 0 Å². The fourth-order valence-electron chi connectivity index (χ4n) is 0.606. The number of hydrogen-bond acceptors (Lipinski definition) is 2. The van der Waals surface area contributed by atoms with Crippen molar-refractivity contribution in [3.63, 3.8) is 0 Å². The van der Waals surface area contributed by atoms with Crippen LogP contribution in [0.4, 0.5) is 0 Å². The largest absolute Gasteiger partial charge is 0.377 e. The van der Waals surface area contributed by atoms with Gasteiger partial charge in [-0.2, -0.15) is 0 Å². The molecule has 0 radical (unpaired) electrons. The molecule has 0 saturated heterocycles. The smallest absolute Gasteiger partial charge is 0.0594 e. The topological polar surface area (TPSA) is 21.3 Å². The average molecular weight is 155 g/mol. The molecule has 0 aromatic carbocycles. The standard InChI is InChI=1S/C9H17NO/c1-4-5-6-10-7-8-11-9(2)3/h9-10H,6-8H2,1-3H3. The lowest BCUT2D eigenvalue weighted by Gasteiger charge is -2.06. The Bertz CT molecular complexity index is 132. The maximum absolute atomic E-state index is 5.31. The molecule has 0 heterocycles. The van der Waals surface area contributed by atoms with E-state index in [-0.39, 0.29) is 0 Å². The van der Waals surface area contributed by atoms with Gasteiger partial charge < -0.3 is 10.1 Å². The minimum atomic E-state index is 0.328. The summed E-state index contributed by atoms with van der Waals surface area (Å²) in [6.07, 6.45) is 0.328. The van der Waals surface area contributed by atoms with Crippen molar-refractivity contribution in [2.24, 2.45) is 0 Å². The number of ether oxygens (including phenoxy) is 1. The zero-order valence-corrected chi connectivity index (χ0v) is 7.61. The Morgan fingerprint density at radius 1 is 1.45 bits per heavy atom. The van der Waals surface area contributed by atoms with Crippen LogP contribution in [0.2, 0.25) is 0 Å². The Kier molecular flexibility index (Phi) is 7.23. The second-order valence-corrected chi connectivity index (χ2v) is 2.52. The summed E-state index contributed by atoms with van der Waals surface area (Å²) in [7, 11) is 0. The van der Waals surface area contributed by atoms with E-state index in [2.05, 4.69) is 17.2 Å². The van der Waals surface area contributed by atoms with Crippen LogP contribution in [0.5, 0.6) is 0 Å². The molecule has 1 N–H and O–H groups in total. The molecule has 0 aromatic heterocycles. The van der Waals surface area contributed by atoms with Crippen molar-refractivity contribution in [3.05, 3.63) is 0 Å². The Hall–Kier alpha value is -0.520. The molecule has 0 aliphatic carbocycles. The van der Waals surface area contributed by atoms with E-state index in [0.717, 1.165) is 19.7 Å². The first-order valence-corrected chi connectivity index (χ1v) is 3.99. The molecule has 2 nitrogen and oxygen atoms in total. The summed E-state index contributed by atoms with van der Waals surface area (Å²) in [4.78, 5) is 0. The first kappa shape index (κ1) is 10.5. The SMILES string of the molecule is CC#CCNCCOC(C)C. The predicted molar refractivity (Wildman–Crippen MR) is 47.4 cm³/mol. The quantitative estimate of drug-likeness (QED) is 0.473. The van der Waals surface area contributed by atoms with Crippen LogP contribution in [-0.2, 0) is 4.74 Å². The van der Waals surface area contributed by atoms with Crippen molar-refractivity contribution in [2.45, 2.75) is 26.9 Å². The molecule has 2 heteroatoms. The van der Waals surface area contributed by atoms with Gasteiger partial charge in [-0.1, -0.05) is 5.92 Å². The molecule has 0 amide bonds. The predicted octanol–water partition coefficient (Wildman–Crippen LogP) is 1.02. The summed E-state index contributed by atoms with van der Waals surface area (Å²) in [5, 5.41) is 3.14. The van der Waals surface area contributed by atoms with Crippen LogP contribution in [-0.4, -0.2) is 25.8 Å². The molecule has 0 atom stereocenters. The van der Waals surface area contributed by atoms with E-state index >= 15 is 0 Å².